The molecule has 1 N–H and O–H groups in total. The quantitative estimate of drug-likeness (QED) is 0.735. The molecule has 0 aliphatic carbocycles. The van der Waals surface area contributed by atoms with Crippen molar-refractivity contribution < 1.29 is 13.2 Å². The van der Waals surface area contributed by atoms with Gasteiger partial charge in [-0.2, -0.15) is 0 Å². The Bertz CT molecular complexity index is 698. The monoisotopic (exact) mass is 273 g/mol. The van der Waals surface area contributed by atoms with Crippen molar-refractivity contribution >= 4 is 16.7 Å². The molecular weight excluding hydrogens is 260 g/mol. The van der Waals surface area contributed by atoms with Crippen LogP contribution in [0.4, 0.5) is 14.5 Å². The summed E-state index contributed by atoms with van der Waals surface area (Å²) in [5.74, 6) is -0.602. The Morgan fingerprint density at radius 2 is 1.70 bits per heavy atom. The highest BCUT2D eigenvalue weighted by Gasteiger charge is 2.15. The highest BCUT2D eigenvalue weighted by molar-refractivity contribution is 5.77. The number of fused-ring (bicyclic) bond motifs is 1. The van der Waals surface area contributed by atoms with Gasteiger partial charge in [-0.05, 0) is 31.2 Å². The lowest BCUT2D eigenvalue weighted by Crippen LogP contribution is -2.08. The molecule has 4 heteroatoms. The van der Waals surface area contributed by atoms with E-state index in [1.165, 1.54) is 18.2 Å². The number of hydrogen-bond donors (Lipinski definition) is 1. The van der Waals surface area contributed by atoms with Crippen molar-refractivity contribution in [1.82, 2.24) is 0 Å². The predicted molar refractivity (Wildman–Crippen MR) is 74.6 cm³/mol. The molecule has 3 aromatic rings. The van der Waals surface area contributed by atoms with Crippen molar-refractivity contribution in [1.29, 1.82) is 0 Å². The highest BCUT2D eigenvalue weighted by atomic mass is 19.1. The lowest BCUT2D eigenvalue weighted by Gasteiger charge is -2.14. The Labute approximate surface area is 115 Å². The van der Waals surface area contributed by atoms with E-state index >= 15 is 0 Å². The summed E-state index contributed by atoms with van der Waals surface area (Å²) in [5.41, 5.74) is 0.616. The third-order valence-corrected chi connectivity index (χ3v) is 3.19. The standard InChI is InChI=1S/C16H13F2NO/c1-10(19-16-12(17)6-4-7-13(16)18)15-9-11-5-2-3-8-14(11)20-15/h2-10,19H,1H3. The molecule has 0 radical (unpaired) electrons. The van der Waals surface area contributed by atoms with Gasteiger partial charge in [-0.3, -0.25) is 0 Å². The number of benzene rings is 2. The second-order valence-corrected chi connectivity index (χ2v) is 4.65. The maximum atomic E-state index is 13.6. The molecule has 0 fully saturated rings. The topological polar surface area (TPSA) is 25.2 Å². The van der Waals surface area contributed by atoms with Gasteiger partial charge in [0.25, 0.3) is 0 Å². The maximum Gasteiger partial charge on any atom is 0.149 e. The Hall–Kier alpha value is -2.36. The third-order valence-electron chi connectivity index (χ3n) is 3.19. The van der Waals surface area contributed by atoms with E-state index in [0.29, 0.717) is 5.76 Å². The summed E-state index contributed by atoms with van der Waals surface area (Å²) in [6.07, 6.45) is 0. The zero-order valence-electron chi connectivity index (χ0n) is 10.9. The third kappa shape index (κ3) is 2.25. The van der Waals surface area contributed by atoms with Crippen molar-refractivity contribution in [2.45, 2.75) is 13.0 Å². The molecule has 20 heavy (non-hydrogen) atoms. The van der Waals surface area contributed by atoms with Gasteiger partial charge in [0.2, 0.25) is 0 Å². The van der Waals surface area contributed by atoms with Crippen molar-refractivity contribution in [2.75, 3.05) is 5.32 Å². The first-order valence-electron chi connectivity index (χ1n) is 6.34. The molecule has 3 rings (SSSR count). The molecule has 0 aliphatic heterocycles. The first kappa shape index (κ1) is 12.7. The van der Waals surface area contributed by atoms with E-state index in [2.05, 4.69) is 5.32 Å². The maximum absolute atomic E-state index is 13.6. The number of anilines is 1. The van der Waals surface area contributed by atoms with Gasteiger partial charge >= 0.3 is 0 Å². The van der Waals surface area contributed by atoms with Crippen LogP contribution in [0.25, 0.3) is 11.0 Å². The number of hydrogen-bond acceptors (Lipinski definition) is 2. The molecule has 2 aromatic carbocycles. The average Bonchev–Trinajstić information content (AvgIpc) is 2.87. The van der Waals surface area contributed by atoms with Crippen LogP contribution in [0.5, 0.6) is 0 Å². The van der Waals surface area contributed by atoms with Gasteiger partial charge in [0.1, 0.15) is 28.7 Å². The smallest absolute Gasteiger partial charge is 0.149 e. The highest BCUT2D eigenvalue weighted by Crippen LogP contribution is 2.28. The van der Waals surface area contributed by atoms with Crippen LogP contribution in [-0.2, 0) is 0 Å². The van der Waals surface area contributed by atoms with Crippen LogP contribution >= 0.6 is 0 Å². The summed E-state index contributed by atoms with van der Waals surface area (Å²) in [4.78, 5) is 0. The first-order chi connectivity index (χ1) is 9.65. The molecule has 0 saturated carbocycles. The Morgan fingerprint density at radius 3 is 2.40 bits per heavy atom. The van der Waals surface area contributed by atoms with Crippen LogP contribution in [0.1, 0.15) is 18.7 Å². The van der Waals surface area contributed by atoms with Crippen LogP contribution in [0, 0.1) is 11.6 Å². The molecule has 1 atom stereocenters. The first-order valence-corrected chi connectivity index (χ1v) is 6.34. The largest absolute Gasteiger partial charge is 0.459 e. The van der Waals surface area contributed by atoms with Crippen LogP contribution < -0.4 is 5.32 Å². The van der Waals surface area contributed by atoms with Crippen molar-refractivity contribution in [3.63, 3.8) is 0 Å². The fourth-order valence-electron chi connectivity index (χ4n) is 2.14. The summed E-state index contributed by atoms with van der Waals surface area (Å²) >= 11 is 0. The van der Waals surface area contributed by atoms with Gasteiger partial charge in [-0.1, -0.05) is 24.3 Å². The van der Waals surface area contributed by atoms with Gasteiger partial charge in [-0.25, -0.2) is 8.78 Å². The van der Waals surface area contributed by atoms with E-state index in [1.807, 2.05) is 30.3 Å². The van der Waals surface area contributed by atoms with Crippen LogP contribution in [-0.4, -0.2) is 0 Å². The molecule has 0 aliphatic rings. The SMILES string of the molecule is CC(Nc1c(F)cccc1F)c1cc2ccccc2o1. The minimum absolute atomic E-state index is 0.138. The summed E-state index contributed by atoms with van der Waals surface area (Å²) in [7, 11) is 0. The Balaban J connectivity index is 1.91. The van der Waals surface area contributed by atoms with E-state index in [-0.39, 0.29) is 11.7 Å². The fourth-order valence-corrected chi connectivity index (χ4v) is 2.14. The van der Waals surface area contributed by atoms with E-state index < -0.39 is 11.6 Å². The summed E-state index contributed by atoms with van der Waals surface area (Å²) in [6.45, 7) is 1.80. The fraction of sp³-hybridized carbons (Fsp3) is 0.125. The normalized spacial score (nSPS) is 12.6. The number of para-hydroxylation sites is 2. The van der Waals surface area contributed by atoms with E-state index in [1.54, 1.807) is 6.92 Å². The van der Waals surface area contributed by atoms with Gasteiger partial charge in [0.05, 0.1) is 6.04 Å². The van der Waals surface area contributed by atoms with Crippen molar-refractivity contribution in [3.05, 3.63) is 65.9 Å². The molecule has 0 saturated heterocycles. The van der Waals surface area contributed by atoms with Crippen molar-refractivity contribution in [2.24, 2.45) is 0 Å². The minimum Gasteiger partial charge on any atom is -0.459 e. The average molecular weight is 273 g/mol. The van der Waals surface area contributed by atoms with Gasteiger partial charge in [-0.15, -0.1) is 0 Å². The van der Waals surface area contributed by atoms with Gasteiger partial charge < -0.3 is 9.73 Å². The molecular formula is C16H13F2NO. The van der Waals surface area contributed by atoms with Gasteiger partial charge in [0.15, 0.2) is 0 Å². The van der Waals surface area contributed by atoms with Crippen LogP contribution in [0.15, 0.2) is 52.9 Å². The molecule has 0 bridgehead atoms. The molecule has 1 aromatic heterocycles. The minimum atomic E-state index is -0.618. The van der Waals surface area contributed by atoms with E-state index in [0.717, 1.165) is 11.0 Å². The number of halogens is 2. The second-order valence-electron chi connectivity index (χ2n) is 4.65. The van der Waals surface area contributed by atoms with Crippen molar-refractivity contribution in [3.8, 4) is 0 Å². The number of nitrogens with one attached hydrogen (secondary N) is 1. The lowest BCUT2D eigenvalue weighted by atomic mass is 10.2. The van der Waals surface area contributed by atoms with E-state index in [4.69, 9.17) is 4.42 Å². The molecule has 1 unspecified atom stereocenters. The summed E-state index contributed by atoms with van der Waals surface area (Å²) in [5, 5.41) is 3.78. The van der Waals surface area contributed by atoms with Gasteiger partial charge in [0, 0.05) is 5.39 Å². The number of furan rings is 1. The van der Waals surface area contributed by atoms with Crippen LogP contribution in [0.3, 0.4) is 0 Å². The summed E-state index contributed by atoms with van der Waals surface area (Å²) in [6, 6.07) is 12.9. The molecule has 2 nitrogen and oxygen atoms in total. The zero-order chi connectivity index (χ0) is 14.1. The molecule has 0 amide bonds. The molecule has 0 spiro atoms. The predicted octanol–water partition coefficient (Wildman–Crippen LogP) is 4.88. The summed E-state index contributed by atoms with van der Waals surface area (Å²) < 4.78 is 32.9. The zero-order valence-corrected chi connectivity index (χ0v) is 10.9. The lowest BCUT2D eigenvalue weighted by molar-refractivity contribution is 0.520. The number of rotatable bonds is 3. The molecule has 102 valence electrons. The van der Waals surface area contributed by atoms with Crippen LogP contribution in [0.2, 0.25) is 0 Å². The Morgan fingerprint density at radius 1 is 1.00 bits per heavy atom. The second kappa shape index (κ2) is 4.96. The van der Waals surface area contributed by atoms with E-state index in [9.17, 15) is 8.78 Å². The molecule has 1 heterocycles. The Kier molecular flexibility index (Phi) is 3.14.